The number of amides is 1. The third-order valence-corrected chi connectivity index (χ3v) is 3.46. The van der Waals surface area contributed by atoms with E-state index in [-0.39, 0.29) is 17.7 Å². The summed E-state index contributed by atoms with van der Waals surface area (Å²) in [5.41, 5.74) is 1.13. The second-order valence-electron chi connectivity index (χ2n) is 4.83. The summed E-state index contributed by atoms with van der Waals surface area (Å²) in [5, 5.41) is 7.48. The molecule has 0 radical (unpaired) electrons. The molecule has 18 heavy (non-hydrogen) atoms. The van der Waals surface area contributed by atoms with Gasteiger partial charge in [0.2, 0.25) is 5.91 Å². The molecule has 0 aliphatic carbocycles. The molecule has 0 spiro atoms. The van der Waals surface area contributed by atoms with Crippen LogP contribution in [0.2, 0.25) is 0 Å². The molecule has 1 fully saturated rings. The molecule has 5 heteroatoms. The van der Waals surface area contributed by atoms with E-state index in [1.54, 1.807) is 15.7 Å². The molecule has 1 aromatic rings. The van der Waals surface area contributed by atoms with E-state index in [1.165, 1.54) is 0 Å². The molecule has 1 aliphatic rings. The van der Waals surface area contributed by atoms with E-state index in [0.29, 0.717) is 6.54 Å². The summed E-state index contributed by atoms with van der Waals surface area (Å²) in [6, 6.07) is 0. The number of carbonyl (C=O) groups excluding carboxylic acids is 1. The van der Waals surface area contributed by atoms with Crippen LogP contribution in [-0.2, 0) is 11.8 Å². The van der Waals surface area contributed by atoms with Gasteiger partial charge < -0.3 is 10.2 Å². The first-order valence-corrected chi connectivity index (χ1v) is 6.18. The highest BCUT2D eigenvalue weighted by Crippen LogP contribution is 2.28. The number of aryl methyl sites for hydroxylation is 1. The highest BCUT2D eigenvalue weighted by Gasteiger charge is 2.35. The number of carbonyl (C=O) groups is 1. The molecule has 1 aliphatic heterocycles. The molecule has 2 heterocycles. The number of hydrogen-bond acceptors (Lipinski definition) is 3. The molecule has 0 bridgehead atoms. The first-order valence-electron chi connectivity index (χ1n) is 6.18. The summed E-state index contributed by atoms with van der Waals surface area (Å²) in [7, 11) is 3.72. The third kappa shape index (κ3) is 2.46. The Hall–Kier alpha value is -1.62. The number of rotatable bonds is 4. The monoisotopic (exact) mass is 248 g/mol. The van der Waals surface area contributed by atoms with Gasteiger partial charge in [0.25, 0.3) is 0 Å². The van der Waals surface area contributed by atoms with Gasteiger partial charge in [0.1, 0.15) is 0 Å². The number of aromatic nitrogens is 2. The maximum atomic E-state index is 12.3. The van der Waals surface area contributed by atoms with E-state index in [9.17, 15) is 4.79 Å². The Morgan fingerprint density at radius 3 is 3.11 bits per heavy atom. The maximum absolute atomic E-state index is 12.3. The van der Waals surface area contributed by atoms with Gasteiger partial charge in [0.15, 0.2) is 0 Å². The number of hydrogen-bond donors (Lipinski definition) is 1. The van der Waals surface area contributed by atoms with Crippen LogP contribution < -0.4 is 5.32 Å². The molecule has 2 atom stereocenters. The van der Waals surface area contributed by atoms with Crippen molar-refractivity contribution in [1.82, 2.24) is 20.0 Å². The van der Waals surface area contributed by atoms with E-state index < -0.39 is 0 Å². The summed E-state index contributed by atoms with van der Waals surface area (Å²) >= 11 is 0. The first-order chi connectivity index (χ1) is 8.63. The largest absolute Gasteiger partial charge is 0.342 e. The molecule has 1 amide bonds. The van der Waals surface area contributed by atoms with Gasteiger partial charge in [0, 0.05) is 45.8 Å². The molecule has 0 unspecified atom stereocenters. The van der Waals surface area contributed by atoms with Gasteiger partial charge in [-0.1, -0.05) is 6.08 Å². The van der Waals surface area contributed by atoms with Crippen LogP contribution in [0.1, 0.15) is 11.5 Å². The lowest BCUT2D eigenvalue weighted by molar-refractivity contribution is -0.133. The Morgan fingerprint density at radius 2 is 2.50 bits per heavy atom. The normalized spacial score (nSPS) is 23.0. The molecule has 0 saturated carbocycles. The lowest BCUT2D eigenvalue weighted by Gasteiger charge is -2.23. The van der Waals surface area contributed by atoms with Gasteiger partial charge in [-0.05, 0) is 5.56 Å². The van der Waals surface area contributed by atoms with Crippen LogP contribution in [-0.4, -0.2) is 47.3 Å². The van der Waals surface area contributed by atoms with Crippen LogP contribution in [0.3, 0.4) is 0 Å². The minimum Gasteiger partial charge on any atom is -0.342 e. The van der Waals surface area contributed by atoms with Crippen LogP contribution in [0, 0.1) is 5.92 Å². The number of likely N-dealkylation sites (N-methyl/N-ethyl adjacent to an activating group) is 1. The average molecular weight is 248 g/mol. The van der Waals surface area contributed by atoms with Crippen LogP contribution in [0.25, 0.3) is 0 Å². The van der Waals surface area contributed by atoms with E-state index in [2.05, 4.69) is 17.0 Å². The lowest BCUT2D eigenvalue weighted by Crippen LogP contribution is -2.36. The van der Waals surface area contributed by atoms with Crippen molar-refractivity contribution in [2.75, 3.05) is 26.7 Å². The molecule has 1 aromatic heterocycles. The Bertz CT molecular complexity index is 440. The van der Waals surface area contributed by atoms with Gasteiger partial charge in [-0.3, -0.25) is 9.48 Å². The third-order valence-electron chi connectivity index (χ3n) is 3.46. The number of nitrogens with one attached hydrogen (secondary N) is 1. The Morgan fingerprint density at radius 1 is 1.72 bits per heavy atom. The van der Waals surface area contributed by atoms with Crippen molar-refractivity contribution in [2.24, 2.45) is 13.0 Å². The molecule has 1 saturated heterocycles. The summed E-state index contributed by atoms with van der Waals surface area (Å²) in [4.78, 5) is 14.1. The topological polar surface area (TPSA) is 50.2 Å². The molecule has 2 rings (SSSR count). The highest BCUT2D eigenvalue weighted by molar-refractivity contribution is 5.80. The average Bonchev–Trinajstić information content (AvgIpc) is 2.96. The van der Waals surface area contributed by atoms with E-state index in [4.69, 9.17) is 0 Å². The van der Waals surface area contributed by atoms with E-state index in [0.717, 1.165) is 18.7 Å². The second kappa shape index (κ2) is 5.35. The molecule has 0 aromatic carbocycles. The molecule has 5 nitrogen and oxygen atoms in total. The summed E-state index contributed by atoms with van der Waals surface area (Å²) < 4.78 is 1.78. The van der Waals surface area contributed by atoms with Crippen LogP contribution in [0.4, 0.5) is 0 Å². The molecule has 1 N–H and O–H groups in total. The standard InChI is InChI=1S/C13H20N4O/c1-4-5-16(2)13(18)12-8-14-7-11(12)10-6-15-17(3)9-10/h4,6,9,11-12,14H,1,5,7-8H2,2-3H3/t11-,12+/m1/s1. The number of nitrogens with zero attached hydrogens (tertiary/aromatic N) is 3. The second-order valence-corrected chi connectivity index (χ2v) is 4.83. The molecular formula is C13H20N4O. The zero-order valence-electron chi connectivity index (χ0n) is 11.0. The van der Waals surface area contributed by atoms with E-state index in [1.807, 2.05) is 26.5 Å². The van der Waals surface area contributed by atoms with Crippen molar-refractivity contribution in [2.45, 2.75) is 5.92 Å². The fraction of sp³-hybridized carbons (Fsp3) is 0.538. The zero-order valence-corrected chi connectivity index (χ0v) is 11.0. The minimum absolute atomic E-state index is 0.000787. The van der Waals surface area contributed by atoms with E-state index >= 15 is 0 Å². The highest BCUT2D eigenvalue weighted by atomic mass is 16.2. The van der Waals surface area contributed by atoms with Crippen molar-refractivity contribution >= 4 is 5.91 Å². The van der Waals surface area contributed by atoms with Gasteiger partial charge in [-0.15, -0.1) is 6.58 Å². The van der Waals surface area contributed by atoms with Crippen molar-refractivity contribution in [3.05, 3.63) is 30.6 Å². The Labute approximate surface area is 107 Å². The quantitative estimate of drug-likeness (QED) is 0.783. The fourth-order valence-corrected chi connectivity index (χ4v) is 2.49. The Balaban J connectivity index is 2.12. The predicted octanol–water partition coefficient (Wildman–Crippen LogP) is 0.368. The van der Waals surface area contributed by atoms with Crippen molar-refractivity contribution in [1.29, 1.82) is 0 Å². The predicted molar refractivity (Wildman–Crippen MR) is 70.1 cm³/mol. The summed E-state index contributed by atoms with van der Waals surface area (Å²) in [6.07, 6.45) is 5.59. The van der Waals surface area contributed by atoms with Crippen molar-refractivity contribution in [3.63, 3.8) is 0 Å². The zero-order chi connectivity index (χ0) is 13.1. The SMILES string of the molecule is C=CCN(C)C(=O)[C@H]1CNC[C@@H]1c1cnn(C)c1. The maximum Gasteiger partial charge on any atom is 0.227 e. The summed E-state index contributed by atoms with van der Waals surface area (Å²) in [5.74, 6) is 0.395. The molecule has 98 valence electrons. The fourth-order valence-electron chi connectivity index (χ4n) is 2.49. The van der Waals surface area contributed by atoms with Gasteiger partial charge in [-0.2, -0.15) is 5.10 Å². The first kappa shape index (κ1) is 12.8. The van der Waals surface area contributed by atoms with Crippen LogP contribution >= 0.6 is 0 Å². The lowest BCUT2D eigenvalue weighted by atomic mass is 9.90. The Kier molecular flexibility index (Phi) is 3.81. The smallest absolute Gasteiger partial charge is 0.227 e. The minimum atomic E-state index is -0.000787. The molecular weight excluding hydrogens is 228 g/mol. The van der Waals surface area contributed by atoms with Crippen LogP contribution in [0.15, 0.2) is 25.0 Å². The van der Waals surface area contributed by atoms with Gasteiger partial charge in [-0.25, -0.2) is 0 Å². The van der Waals surface area contributed by atoms with Crippen molar-refractivity contribution < 1.29 is 4.79 Å². The van der Waals surface area contributed by atoms with Gasteiger partial charge >= 0.3 is 0 Å². The van der Waals surface area contributed by atoms with Crippen LogP contribution in [0.5, 0.6) is 0 Å². The summed E-state index contributed by atoms with van der Waals surface area (Å²) in [6.45, 7) is 5.83. The van der Waals surface area contributed by atoms with Crippen molar-refractivity contribution in [3.8, 4) is 0 Å². The van der Waals surface area contributed by atoms with Gasteiger partial charge in [0.05, 0.1) is 12.1 Å².